The Morgan fingerprint density at radius 2 is 1.64 bits per heavy atom. The summed E-state index contributed by atoms with van der Waals surface area (Å²) in [6, 6.07) is 20.7. The number of ether oxygens (including phenoxy) is 2. The highest BCUT2D eigenvalue weighted by atomic mass is 32.2. The van der Waals surface area contributed by atoms with E-state index in [1.165, 1.54) is 35.0 Å². The van der Waals surface area contributed by atoms with Crippen molar-refractivity contribution < 1.29 is 23.5 Å². The Morgan fingerprint density at radius 3 is 2.31 bits per heavy atom. The largest absolute Gasteiger partial charge is 0.497 e. The first-order valence-electron chi connectivity index (χ1n) is 13.1. The van der Waals surface area contributed by atoms with Crippen LogP contribution in [0.4, 0.5) is 4.39 Å². The molecule has 10 nitrogen and oxygen atoms in total. The number of aromatic nitrogens is 3. The van der Waals surface area contributed by atoms with Gasteiger partial charge in [0.1, 0.15) is 17.3 Å². The molecule has 1 unspecified atom stereocenters. The van der Waals surface area contributed by atoms with Crippen molar-refractivity contribution in [3.05, 3.63) is 101 Å². The molecule has 1 aliphatic rings. The van der Waals surface area contributed by atoms with Crippen molar-refractivity contribution in [3.63, 3.8) is 0 Å². The van der Waals surface area contributed by atoms with Gasteiger partial charge in [-0.3, -0.25) is 9.59 Å². The van der Waals surface area contributed by atoms with Crippen LogP contribution in [0.2, 0.25) is 0 Å². The smallest absolute Gasteiger partial charge is 0.254 e. The van der Waals surface area contributed by atoms with Gasteiger partial charge in [0, 0.05) is 13.5 Å². The Morgan fingerprint density at radius 1 is 0.976 bits per heavy atom. The number of hydrogen-bond acceptors (Lipinski definition) is 8. The van der Waals surface area contributed by atoms with E-state index in [1.54, 1.807) is 31.9 Å². The monoisotopic (exact) mass is 588 g/mol. The highest BCUT2D eigenvalue weighted by Gasteiger charge is 2.33. The zero-order chi connectivity index (χ0) is 29.6. The number of hydrogen-bond donors (Lipinski definition) is 1. The van der Waals surface area contributed by atoms with Gasteiger partial charge in [0.15, 0.2) is 11.0 Å². The average Bonchev–Trinajstić information content (AvgIpc) is 3.63. The molecule has 0 aliphatic carbocycles. The van der Waals surface area contributed by atoms with Crippen LogP contribution in [0.3, 0.4) is 0 Å². The van der Waals surface area contributed by atoms with Crippen LogP contribution in [0.1, 0.15) is 39.8 Å². The van der Waals surface area contributed by atoms with E-state index in [9.17, 15) is 14.0 Å². The molecule has 2 amide bonds. The van der Waals surface area contributed by atoms with E-state index in [0.29, 0.717) is 17.4 Å². The van der Waals surface area contributed by atoms with E-state index in [4.69, 9.17) is 14.6 Å². The number of carbonyl (C=O) groups excluding carboxylic acids is 2. The van der Waals surface area contributed by atoms with Gasteiger partial charge >= 0.3 is 0 Å². The van der Waals surface area contributed by atoms with Crippen LogP contribution in [0.15, 0.2) is 83.1 Å². The molecule has 1 aliphatic heterocycles. The second kappa shape index (κ2) is 12.9. The van der Waals surface area contributed by atoms with Crippen LogP contribution in [0, 0.1) is 5.82 Å². The second-order valence-electron chi connectivity index (χ2n) is 9.42. The van der Waals surface area contributed by atoms with Crippen LogP contribution >= 0.6 is 11.8 Å². The van der Waals surface area contributed by atoms with Crippen molar-refractivity contribution in [2.75, 3.05) is 20.0 Å². The summed E-state index contributed by atoms with van der Waals surface area (Å²) in [6.07, 6.45) is 0.547. The standard InChI is InChI=1S/C30H29FN6O4S/c1-36-27(17-32-29(39)23-6-4-5-7-24(23)31)33-34-30(36)42-18-28(38)37-26(20-10-14-22(41-3)15-11-20)16-25(35-37)19-8-12-21(40-2)13-9-19/h4-15,26H,16-18H2,1-3H3,(H,32,39). The molecule has 1 aromatic heterocycles. The number of amides is 2. The summed E-state index contributed by atoms with van der Waals surface area (Å²) in [5.41, 5.74) is 2.59. The fraction of sp³-hybridized carbons (Fsp3) is 0.233. The minimum Gasteiger partial charge on any atom is -0.497 e. The van der Waals surface area contributed by atoms with E-state index >= 15 is 0 Å². The molecule has 1 N–H and O–H groups in total. The molecular weight excluding hydrogens is 559 g/mol. The molecule has 42 heavy (non-hydrogen) atoms. The molecule has 0 saturated carbocycles. The third-order valence-corrected chi connectivity index (χ3v) is 7.87. The number of nitrogens with zero attached hydrogens (tertiary/aromatic N) is 5. The lowest BCUT2D eigenvalue weighted by Gasteiger charge is -2.22. The fourth-order valence-electron chi connectivity index (χ4n) is 4.50. The van der Waals surface area contributed by atoms with Crippen molar-refractivity contribution >= 4 is 29.3 Å². The quantitative estimate of drug-likeness (QED) is 0.274. The van der Waals surface area contributed by atoms with Crippen LogP contribution in [-0.4, -0.2) is 57.3 Å². The Hall–Kier alpha value is -4.71. The van der Waals surface area contributed by atoms with Gasteiger partial charge in [0.2, 0.25) is 0 Å². The normalized spacial score (nSPS) is 14.4. The van der Waals surface area contributed by atoms with Gasteiger partial charge in [-0.05, 0) is 59.7 Å². The lowest BCUT2D eigenvalue weighted by atomic mass is 9.98. The van der Waals surface area contributed by atoms with E-state index in [2.05, 4.69) is 15.5 Å². The fourth-order valence-corrected chi connectivity index (χ4v) is 5.28. The first-order valence-corrected chi connectivity index (χ1v) is 14.1. The lowest BCUT2D eigenvalue weighted by Crippen LogP contribution is -2.28. The van der Waals surface area contributed by atoms with Crippen molar-refractivity contribution in [2.45, 2.75) is 24.2 Å². The molecule has 12 heteroatoms. The van der Waals surface area contributed by atoms with E-state index in [0.717, 1.165) is 28.3 Å². The first kappa shape index (κ1) is 28.8. The van der Waals surface area contributed by atoms with Crippen LogP contribution < -0.4 is 14.8 Å². The van der Waals surface area contributed by atoms with Crippen molar-refractivity contribution in [2.24, 2.45) is 12.1 Å². The van der Waals surface area contributed by atoms with Gasteiger partial charge in [-0.15, -0.1) is 10.2 Å². The Labute approximate surface area is 246 Å². The maximum absolute atomic E-state index is 13.9. The predicted octanol–water partition coefficient (Wildman–Crippen LogP) is 4.37. The number of carbonyl (C=O) groups is 2. The Bertz CT molecular complexity index is 1610. The molecule has 2 heterocycles. The molecule has 0 bridgehead atoms. The number of benzene rings is 3. The maximum atomic E-state index is 13.9. The summed E-state index contributed by atoms with van der Waals surface area (Å²) in [4.78, 5) is 25.9. The van der Waals surface area contributed by atoms with Gasteiger partial charge in [0.25, 0.3) is 11.8 Å². The summed E-state index contributed by atoms with van der Waals surface area (Å²) >= 11 is 1.22. The van der Waals surface area contributed by atoms with Gasteiger partial charge in [-0.25, -0.2) is 9.40 Å². The van der Waals surface area contributed by atoms with E-state index in [-0.39, 0.29) is 29.8 Å². The highest BCUT2D eigenvalue weighted by molar-refractivity contribution is 7.99. The Kier molecular flexibility index (Phi) is 8.82. The second-order valence-corrected chi connectivity index (χ2v) is 10.4. The minimum absolute atomic E-state index is 0.0480. The van der Waals surface area contributed by atoms with Crippen LogP contribution in [0.25, 0.3) is 0 Å². The van der Waals surface area contributed by atoms with Gasteiger partial charge < -0.3 is 19.4 Å². The number of thioether (sulfide) groups is 1. The molecule has 1 atom stereocenters. The summed E-state index contributed by atoms with van der Waals surface area (Å²) in [6.45, 7) is 0.0480. The number of hydrazone groups is 1. The van der Waals surface area contributed by atoms with Crippen molar-refractivity contribution in [1.29, 1.82) is 0 Å². The molecule has 0 saturated heterocycles. The van der Waals surface area contributed by atoms with Crippen LogP contribution in [0.5, 0.6) is 11.5 Å². The number of rotatable bonds is 10. The summed E-state index contributed by atoms with van der Waals surface area (Å²) in [7, 11) is 4.96. The maximum Gasteiger partial charge on any atom is 0.254 e. The number of halogens is 1. The highest BCUT2D eigenvalue weighted by Crippen LogP contribution is 2.34. The van der Waals surface area contributed by atoms with Gasteiger partial charge in [0.05, 0.1) is 43.8 Å². The molecule has 216 valence electrons. The average molecular weight is 589 g/mol. The van der Waals surface area contributed by atoms with E-state index < -0.39 is 11.7 Å². The third kappa shape index (κ3) is 6.28. The number of nitrogens with one attached hydrogen (secondary N) is 1. The number of methoxy groups -OCH3 is 2. The van der Waals surface area contributed by atoms with Gasteiger partial charge in [-0.2, -0.15) is 5.10 Å². The topological polar surface area (TPSA) is 111 Å². The zero-order valence-electron chi connectivity index (χ0n) is 23.3. The summed E-state index contributed by atoms with van der Waals surface area (Å²) in [5, 5.41) is 17.7. The molecular formula is C30H29FN6O4S. The first-order chi connectivity index (χ1) is 20.4. The predicted molar refractivity (Wildman–Crippen MR) is 156 cm³/mol. The summed E-state index contributed by atoms with van der Waals surface area (Å²) in [5.74, 6) is 0.654. The summed E-state index contributed by atoms with van der Waals surface area (Å²) < 4.78 is 26.2. The van der Waals surface area contributed by atoms with Gasteiger partial charge in [-0.1, -0.05) is 36.0 Å². The van der Waals surface area contributed by atoms with Crippen molar-refractivity contribution in [3.8, 4) is 11.5 Å². The molecule has 0 radical (unpaired) electrons. The molecule has 4 aromatic rings. The molecule has 0 spiro atoms. The zero-order valence-corrected chi connectivity index (χ0v) is 24.1. The molecule has 0 fully saturated rings. The lowest BCUT2D eigenvalue weighted by molar-refractivity contribution is -0.130. The Balaban J connectivity index is 1.28. The van der Waals surface area contributed by atoms with Crippen LogP contribution in [-0.2, 0) is 18.4 Å². The molecule has 5 rings (SSSR count). The minimum atomic E-state index is -0.601. The van der Waals surface area contributed by atoms with E-state index in [1.807, 2.05) is 48.5 Å². The third-order valence-electron chi connectivity index (χ3n) is 6.87. The van der Waals surface area contributed by atoms with Crippen molar-refractivity contribution in [1.82, 2.24) is 25.1 Å². The molecule has 3 aromatic carbocycles. The SMILES string of the molecule is COc1ccc(C2=NN(C(=O)CSc3nnc(CNC(=O)c4ccccc4F)n3C)C(c3ccc(OC)cc3)C2)cc1.